The summed E-state index contributed by atoms with van der Waals surface area (Å²) < 4.78 is 0.0728. The fraction of sp³-hybridized carbons (Fsp3) is 0.0588. The van der Waals surface area contributed by atoms with Crippen molar-refractivity contribution in [3.05, 3.63) is 77.3 Å². The first-order valence-corrected chi connectivity index (χ1v) is 8.12. The summed E-state index contributed by atoms with van der Waals surface area (Å²) in [6.07, 6.45) is 0. The summed E-state index contributed by atoms with van der Waals surface area (Å²) in [6.45, 7) is 1.98. The van der Waals surface area contributed by atoms with Gasteiger partial charge in [-0.2, -0.15) is 4.98 Å². The molecule has 3 aromatic rings. The van der Waals surface area contributed by atoms with Crippen molar-refractivity contribution in [2.24, 2.45) is 15.5 Å². The van der Waals surface area contributed by atoms with Crippen molar-refractivity contribution in [1.82, 2.24) is 9.58 Å². The van der Waals surface area contributed by atoms with Crippen LogP contribution in [0, 0.1) is 6.92 Å². The van der Waals surface area contributed by atoms with Crippen LogP contribution in [-0.4, -0.2) is 10.8 Å². The number of thiazole rings is 1. The molecule has 112 valence electrons. The van der Waals surface area contributed by atoms with Crippen LogP contribution >= 0.6 is 11.3 Å². The van der Waals surface area contributed by atoms with Crippen LogP contribution in [0.1, 0.15) is 11.3 Å². The zero-order valence-electron chi connectivity index (χ0n) is 12.5. The van der Waals surface area contributed by atoms with Gasteiger partial charge in [-0.05, 0) is 23.6 Å². The number of amidine groups is 1. The number of hydrogen-bond acceptors (Lipinski definition) is 5. The average Bonchev–Trinajstić information content (AvgIpc) is 3.23. The number of benzene rings is 2. The van der Waals surface area contributed by atoms with Gasteiger partial charge in [0, 0.05) is 22.7 Å². The van der Waals surface area contributed by atoms with Gasteiger partial charge in [-0.3, -0.25) is 0 Å². The molecule has 0 bridgehead atoms. The normalized spacial score (nSPS) is 19.8. The zero-order chi connectivity index (χ0) is 15.7. The first kappa shape index (κ1) is 13.9. The molecular formula is C17H14N5S+. The van der Waals surface area contributed by atoms with E-state index in [9.17, 15) is 0 Å². The lowest BCUT2D eigenvalue weighted by Gasteiger charge is -2.23. The first-order chi connectivity index (χ1) is 11.3. The van der Waals surface area contributed by atoms with Crippen molar-refractivity contribution in [3.63, 3.8) is 0 Å². The van der Waals surface area contributed by atoms with Gasteiger partial charge < -0.3 is 0 Å². The molecule has 1 aliphatic heterocycles. The first-order valence-electron chi connectivity index (χ1n) is 7.24. The van der Waals surface area contributed by atoms with Gasteiger partial charge in [-0.15, -0.1) is 0 Å². The smallest absolute Gasteiger partial charge is 0.188 e. The average molecular weight is 320 g/mol. The van der Waals surface area contributed by atoms with Gasteiger partial charge in [-0.1, -0.05) is 52.8 Å². The largest absolute Gasteiger partial charge is 0.326 e. The summed E-state index contributed by atoms with van der Waals surface area (Å²) in [7, 11) is 0. The van der Waals surface area contributed by atoms with E-state index in [1.54, 1.807) is 11.3 Å². The summed E-state index contributed by atoms with van der Waals surface area (Å²) >= 11 is 1.57. The van der Waals surface area contributed by atoms with Crippen LogP contribution in [0.3, 0.4) is 0 Å². The molecule has 0 saturated carbocycles. The standard InChI is InChI=1S/C17H14N5S/c1-13-12-23-17(18-13)22(15-10-6-3-7-11-15)16(19-20-21-22)14-8-4-2-5-9-14/h2-12H,1H3/q+1. The van der Waals surface area contributed by atoms with Crippen LogP contribution < -0.4 is 4.59 Å². The molecule has 5 nitrogen and oxygen atoms in total. The Hall–Kier alpha value is -2.70. The van der Waals surface area contributed by atoms with Crippen molar-refractivity contribution >= 4 is 28.0 Å². The second-order valence-electron chi connectivity index (χ2n) is 5.21. The third-order valence-electron chi connectivity index (χ3n) is 3.67. The predicted molar refractivity (Wildman–Crippen MR) is 92.6 cm³/mol. The zero-order valence-corrected chi connectivity index (χ0v) is 13.3. The molecule has 0 fully saturated rings. The number of quaternary nitrogens is 1. The fourth-order valence-corrected chi connectivity index (χ4v) is 3.51. The van der Waals surface area contributed by atoms with E-state index in [1.165, 1.54) is 0 Å². The lowest BCUT2D eigenvalue weighted by molar-refractivity contribution is 0.571. The van der Waals surface area contributed by atoms with Gasteiger partial charge >= 0.3 is 5.13 Å². The van der Waals surface area contributed by atoms with Gasteiger partial charge in [0.15, 0.2) is 5.69 Å². The Morgan fingerprint density at radius 1 is 0.913 bits per heavy atom. The topological polar surface area (TPSA) is 50.0 Å². The molecular weight excluding hydrogens is 306 g/mol. The molecule has 0 amide bonds. The number of aromatic nitrogens is 1. The summed E-state index contributed by atoms with van der Waals surface area (Å²) in [4.78, 5) is 4.67. The van der Waals surface area contributed by atoms with E-state index in [0.717, 1.165) is 27.9 Å². The lowest BCUT2D eigenvalue weighted by atomic mass is 10.1. The van der Waals surface area contributed by atoms with Gasteiger partial charge in [0.25, 0.3) is 5.84 Å². The molecule has 0 N–H and O–H groups in total. The quantitative estimate of drug-likeness (QED) is 0.637. The molecule has 1 unspecified atom stereocenters. The third kappa shape index (κ3) is 2.19. The third-order valence-corrected chi connectivity index (χ3v) is 4.69. The Morgan fingerprint density at radius 2 is 1.61 bits per heavy atom. The second kappa shape index (κ2) is 5.49. The number of para-hydroxylation sites is 1. The summed E-state index contributed by atoms with van der Waals surface area (Å²) in [5.41, 5.74) is 2.91. The summed E-state index contributed by atoms with van der Waals surface area (Å²) in [6, 6.07) is 20.0. The van der Waals surface area contributed by atoms with Crippen molar-refractivity contribution in [2.75, 3.05) is 0 Å². The molecule has 6 heteroatoms. The predicted octanol–water partition coefficient (Wildman–Crippen LogP) is 4.83. The molecule has 23 heavy (non-hydrogen) atoms. The maximum Gasteiger partial charge on any atom is 0.326 e. The van der Waals surface area contributed by atoms with Gasteiger partial charge in [0.1, 0.15) is 0 Å². The Morgan fingerprint density at radius 3 is 2.26 bits per heavy atom. The SMILES string of the molecule is Cc1csc([N+]2(c3ccccc3)N=NN=C2c2ccccc2)n1. The van der Waals surface area contributed by atoms with Gasteiger partial charge in [0.05, 0.1) is 16.5 Å². The van der Waals surface area contributed by atoms with Crippen LogP contribution in [0.15, 0.2) is 81.6 Å². The van der Waals surface area contributed by atoms with E-state index in [-0.39, 0.29) is 4.59 Å². The highest BCUT2D eigenvalue weighted by atomic mass is 32.1. The minimum atomic E-state index is 0.0728. The fourth-order valence-electron chi connectivity index (χ4n) is 2.61. The molecule has 1 atom stereocenters. The van der Waals surface area contributed by atoms with Gasteiger partial charge in [0.2, 0.25) is 0 Å². The van der Waals surface area contributed by atoms with Crippen LogP contribution in [0.4, 0.5) is 10.8 Å². The van der Waals surface area contributed by atoms with E-state index in [0.29, 0.717) is 0 Å². The second-order valence-corrected chi connectivity index (χ2v) is 6.05. The maximum atomic E-state index is 4.67. The van der Waals surface area contributed by atoms with Gasteiger partial charge in [-0.25, -0.2) is 0 Å². The highest BCUT2D eigenvalue weighted by Crippen LogP contribution is 2.42. The Kier molecular flexibility index (Phi) is 3.33. The molecule has 0 spiro atoms. The molecule has 2 heterocycles. The highest BCUT2D eigenvalue weighted by molar-refractivity contribution is 7.13. The van der Waals surface area contributed by atoms with E-state index in [1.807, 2.05) is 73.0 Å². The van der Waals surface area contributed by atoms with Crippen molar-refractivity contribution in [3.8, 4) is 0 Å². The molecule has 2 aromatic carbocycles. The number of aryl methyl sites for hydroxylation is 1. The summed E-state index contributed by atoms with van der Waals surface area (Å²) in [5.74, 6) is 0.756. The van der Waals surface area contributed by atoms with Crippen LogP contribution in [0.25, 0.3) is 0 Å². The van der Waals surface area contributed by atoms with E-state index in [2.05, 4.69) is 20.5 Å². The van der Waals surface area contributed by atoms with Crippen molar-refractivity contribution < 1.29 is 0 Å². The molecule has 0 radical (unpaired) electrons. The minimum absolute atomic E-state index is 0.0728. The van der Waals surface area contributed by atoms with Crippen molar-refractivity contribution in [1.29, 1.82) is 0 Å². The molecule has 1 aliphatic rings. The van der Waals surface area contributed by atoms with E-state index < -0.39 is 0 Å². The maximum absolute atomic E-state index is 4.67. The highest BCUT2D eigenvalue weighted by Gasteiger charge is 2.48. The number of nitrogens with zero attached hydrogens (tertiary/aromatic N) is 5. The molecule has 4 rings (SSSR count). The minimum Gasteiger partial charge on any atom is -0.188 e. The van der Waals surface area contributed by atoms with Crippen molar-refractivity contribution in [2.45, 2.75) is 6.92 Å². The van der Waals surface area contributed by atoms with E-state index >= 15 is 0 Å². The Balaban J connectivity index is 1.97. The van der Waals surface area contributed by atoms with Crippen LogP contribution in [0.5, 0.6) is 0 Å². The monoisotopic (exact) mass is 320 g/mol. The van der Waals surface area contributed by atoms with E-state index in [4.69, 9.17) is 0 Å². The van der Waals surface area contributed by atoms with Crippen LogP contribution in [0.2, 0.25) is 0 Å². The molecule has 0 saturated heterocycles. The molecule has 0 aliphatic carbocycles. The number of rotatable bonds is 3. The lowest BCUT2D eigenvalue weighted by Crippen LogP contribution is -2.43. The Bertz CT molecular complexity index is 886. The number of hydrogen-bond donors (Lipinski definition) is 0. The molecule has 1 aromatic heterocycles. The summed E-state index contributed by atoms with van der Waals surface area (Å²) in [5, 5.41) is 15.7. The Labute approximate surface area is 137 Å². The van der Waals surface area contributed by atoms with Crippen LogP contribution in [-0.2, 0) is 0 Å².